The number of rotatable bonds is 4. The highest BCUT2D eigenvalue weighted by Crippen LogP contribution is 2.19. The molecule has 0 saturated heterocycles. The molecule has 2 atom stereocenters. The Bertz CT molecular complexity index is 417. The van der Waals surface area contributed by atoms with E-state index < -0.39 is 0 Å². The minimum Gasteiger partial charge on any atom is -0.325 e. The van der Waals surface area contributed by atoms with Crippen molar-refractivity contribution in [2.75, 3.05) is 5.32 Å². The number of nitrogens with one attached hydrogen (secondary N) is 2. The maximum absolute atomic E-state index is 12.1. The van der Waals surface area contributed by atoms with Crippen molar-refractivity contribution in [3.63, 3.8) is 0 Å². The third-order valence-corrected chi connectivity index (χ3v) is 3.51. The van der Waals surface area contributed by atoms with Gasteiger partial charge >= 0.3 is 0 Å². The summed E-state index contributed by atoms with van der Waals surface area (Å²) >= 11 is 0. The molecule has 1 aromatic rings. The number of anilines is 1. The Balaban J connectivity index is 2.56. The molecule has 1 rings (SSSR count). The van der Waals surface area contributed by atoms with Gasteiger partial charge in [0.1, 0.15) is 0 Å². The first-order valence-corrected chi connectivity index (χ1v) is 6.83. The average molecular weight is 262 g/mol. The molecule has 0 bridgehead atoms. The van der Waals surface area contributed by atoms with Crippen molar-refractivity contribution < 1.29 is 4.79 Å². The monoisotopic (exact) mass is 262 g/mol. The fraction of sp³-hybridized carbons (Fsp3) is 0.562. The number of benzene rings is 1. The summed E-state index contributed by atoms with van der Waals surface area (Å²) in [5.74, 6) is -0.0000435. The summed E-state index contributed by atoms with van der Waals surface area (Å²) in [5, 5.41) is 6.26. The zero-order valence-corrected chi connectivity index (χ0v) is 12.9. The molecule has 0 saturated carbocycles. The first kappa shape index (κ1) is 15.7. The van der Waals surface area contributed by atoms with Crippen molar-refractivity contribution in [1.82, 2.24) is 5.32 Å². The van der Waals surface area contributed by atoms with E-state index in [2.05, 4.69) is 38.3 Å². The van der Waals surface area contributed by atoms with Crippen LogP contribution >= 0.6 is 0 Å². The maximum Gasteiger partial charge on any atom is 0.241 e. The zero-order chi connectivity index (χ0) is 14.6. The van der Waals surface area contributed by atoms with E-state index in [1.807, 2.05) is 38.1 Å². The van der Waals surface area contributed by atoms with E-state index in [1.165, 1.54) is 5.56 Å². The van der Waals surface area contributed by atoms with Gasteiger partial charge in [-0.05, 0) is 38.3 Å². The Labute approximate surface area is 116 Å². The molecule has 3 nitrogen and oxygen atoms in total. The van der Waals surface area contributed by atoms with Gasteiger partial charge < -0.3 is 10.6 Å². The van der Waals surface area contributed by atoms with Gasteiger partial charge in [0.15, 0.2) is 0 Å². The lowest BCUT2D eigenvalue weighted by Gasteiger charge is -2.30. The zero-order valence-electron chi connectivity index (χ0n) is 12.9. The SMILES string of the molecule is Cc1ccc(NC(=O)C(C)NC(C)C(C)(C)C)cc1. The third kappa shape index (κ3) is 5.03. The lowest BCUT2D eigenvalue weighted by Crippen LogP contribution is -2.47. The summed E-state index contributed by atoms with van der Waals surface area (Å²) in [6, 6.07) is 7.89. The lowest BCUT2D eigenvalue weighted by molar-refractivity contribution is -0.118. The topological polar surface area (TPSA) is 41.1 Å². The minimum atomic E-state index is -0.212. The lowest BCUT2D eigenvalue weighted by atomic mass is 9.87. The van der Waals surface area contributed by atoms with Gasteiger partial charge in [-0.1, -0.05) is 38.5 Å². The van der Waals surface area contributed by atoms with Crippen molar-refractivity contribution in [2.24, 2.45) is 5.41 Å². The minimum absolute atomic E-state index is 0.0000435. The molecule has 0 spiro atoms. The predicted molar refractivity (Wildman–Crippen MR) is 81.3 cm³/mol. The molecule has 2 N–H and O–H groups in total. The van der Waals surface area contributed by atoms with Gasteiger partial charge in [0.25, 0.3) is 0 Å². The highest BCUT2D eigenvalue weighted by Gasteiger charge is 2.23. The predicted octanol–water partition coefficient (Wildman–Crippen LogP) is 3.35. The van der Waals surface area contributed by atoms with E-state index >= 15 is 0 Å². The molecule has 0 radical (unpaired) electrons. The standard InChI is InChI=1S/C16H26N2O/c1-11-7-9-14(10-8-11)18-15(19)12(2)17-13(3)16(4,5)6/h7-10,12-13,17H,1-6H3,(H,18,19). The van der Waals surface area contributed by atoms with Crippen molar-refractivity contribution in [2.45, 2.75) is 53.6 Å². The summed E-state index contributed by atoms with van der Waals surface area (Å²) in [5.41, 5.74) is 2.16. The summed E-state index contributed by atoms with van der Waals surface area (Å²) in [4.78, 5) is 12.1. The number of hydrogen-bond acceptors (Lipinski definition) is 2. The first-order chi connectivity index (χ1) is 8.70. The fourth-order valence-electron chi connectivity index (χ4n) is 1.59. The molecule has 0 fully saturated rings. The van der Waals surface area contributed by atoms with Gasteiger partial charge in [0.05, 0.1) is 6.04 Å². The van der Waals surface area contributed by atoms with E-state index in [0.717, 1.165) is 5.69 Å². The second kappa shape index (κ2) is 6.20. The van der Waals surface area contributed by atoms with Crippen molar-refractivity contribution in [3.05, 3.63) is 29.8 Å². The Hall–Kier alpha value is -1.35. The van der Waals surface area contributed by atoms with Crippen molar-refractivity contribution >= 4 is 11.6 Å². The van der Waals surface area contributed by atoms with E-state index in [0.29, 0.717) is 0 Å². The van der Waals surface area contributed by atoms with Crippen LogP contribution in [0, 0.1) is 12.3 Å². The van der Waals surface area contributed by atoms with Gasteiger partial charge in [-0.2, -0.15) is 0 Å². The Morgan fingerprint density at radius 1 is 1.11 bits per heavy atom. The molecule has 0 aliphatic carbocycles. The average Bonchev–Trinajstić information content (AvgIpc) is 2.30. The molecular weight excluding hydrogens is 236 g/mol. The number of amides is 1. The van der Waals surface area contributed by atoms with Crippen LogP contribution in [0.1, 0.15) is 40.2 Å². The molecular formula is C16H26N2O. The summed E-state index contributed by atoms with van der Waals surface area (Å²) in [6.45, 7) is 12.5. The second-order valence-corrected chi connectivity index (χ2v) is 6.33. The third-order valence-electron chi connectivity index (χ3n) is 3.51. The van der Waals surface area contributed by atoms with Crippen LogP contribution < -0.4 is 10.6 Å². The van der Waals surface area contributed by atoms with Gasteiger partial charge in [-0.3, -0.25) is 4.79 Å². The molecule has 0 heterocycles. The van der Waals surface area contributed by atoms with Crippen LogP contribution in [0.15, 0.2) is 24.3 Å². The van der Waals surface area contributed by atoms with Crippen LogP contribution in [0.4, 0.5) is 5.69 Å². The molecule has 0 aliphatic heterocycles. The van der Waals surface area contributed by atoms with Crippen LogP contribution in [0.3, 0.4) is 0 Å². The Morgan fingerprint density at radius 3 is 2.11 bits per heavy atom. The molecule has 0 aliphatic rings. The summed E-state index contributed by atoms with van der Waals surface area (Å²) in [7, 11) is 0. The number of aryl methyl sites for hydroxylation is 1. The van der Waals surface area contributed by atoms with Crippen molar-refractivity contribution in [3.8, 4) is 0 Å². The normalized spacial score (nSPS) is 14.8. The number of carbonyl (C=O) groups excluding carboxylic acids is 1. The van der Waals surface area contributed by atoms with E-state index in [9.17, 15) is 4.79 Å². The summed E-state index contributed by atoms with van der Waals surface area (Å²) < 4.78 is 0. The Kier molecular flexibility index (Phi) is 5.12. The van der Waals surface area contributed by atoms with E-state index in [4.69, 9.17) is 0 Å². The number of carbonyl (C=O) groups is 1. The van der Waals surface area contributed by atoms with Gasteiger partial charge in [0, 0.05) is 11.7 Å². The molecule has 0 aromatic heterocycles. The smallest absolute Gasteiger partial charge is 0.241 e. The van der Waals surface area contributed by atoms with E-state index in [1.54, 1.807) is 0 Å². The molecule has 1 aromatic carbocycles. The second-order valence-electron chi connectivity index (χ2n) is 6.33. The molecule has 19 heavy (non-hydrogen) atoms. The van der Waals surface area contributed by atoms with E-state index in [-0.39, 0.29) is 23.4 Å². The first-order valence-electron chi connectivity index (χ1n) is 6.83. The van der Waals surface area contributed by atoms with Crippen LogP contribution in [-0.4, -0.2) is 18.0 Å². The number of hydrogen-bond donors (Lipinski definition) is 2. The fourth-order valence-corrected chi connectivity index (χ4v) is 1.59. The van der Waals surface area contributed by atoms with Crippen LogP contribution in [0.5, 0.6) is 0 Å². The van der Waals surface area contributed by atoms with Gasteiger partial charge in [-0.15, -0.1) is 0 Å². The molecule has 106 valence electrons. The largest absolute Gasteiger partial charge is 0.325 e. The maximum atomic E-state index is 12.1. The Morgan fingerprint density at radius 2 is 1.63 bits per heavy atom. The highest BCUT2D eigenvalue weighted by molar-refractivity contribution is 5.94. The molecule has 3 heteroatoms. The summed E-state index contributed by atoms with van der Waals surface area (Å²) in [6.07, 6.45) is 0. The van der Waals surface area contributed by atoms with Crippen LogP contribution in [0.2, 0.25) is 0 Å². The van der Waals surface area contributed by atoms with Crippen LogP contribution in [-0.2, 0) is 4.79 Å². The molecule has 1 amide bonds. The van der Waals surface area contributed by atoms with Gasteiger partial charge in [-0.25, -0.2) is 0 Å². The molecule has 2 unspecified atom stereocenters. The van der Waals surface area contributed by atoms with Crippen LogP contribution in [0.25, 0.3) is 0 Å². The highest BCUT2D eigenvalue weighted by atomic mass is 16.2. The quantitative estimate of drug-likeness (QED) is 0.873. The van der Waals surface area contributed by atoms with Crippen molar-refractivity contribution in [1.29, 1.82) is 0 Å². The van der Waals surface area contributed by atoms with Gasteiger partial charge in [0.2, 0.25) is 5.91 Å².